The number of piperidine rings is 1. The highest BCUT2D eigenvalue weighted by atomic mass is 16.5. The maximum absolute atomic E-state index is 10.4. The Bertz CT molecular complexity index is 337. The molecule has 0 N–H and O–H groups in total. The van der Waals surface area contributed by atoms with Gasteiger partial charge in [-0.2, -0.15) is 4.98 Å². The second kappa shape index (κ2) is 4.53. The maximum atomic E-state index is 10.4. The van der Waals surface area contributed by atoms with E-state index in [2.05, 4.69) is 22.0 Å². The van der Waals surface area contributed by atoms with E-state index in [1.807, 2.05) is 0 Å². The van der Waals surface area contributed by atoms with Crippen molar-refractivity contribution in [2.45, 2.75) is 25.7 Å². The highest BCUT2D eigenvalue weighted by molar-refractivity contribution is 5.68. The van der Waals surface area contributed by atoms with Gasteiger partial charge < -0.3 is 9.42 Å². The Balaban J connectivity index is 2.06. The minimum atomic E-state index is 0.152. The Morgan fingerprint density at radius 2 is 2.53 bits per heavy atom. The van der Waals surface area contributed by atoms with Gasteiger partial charge >= 0.3 is 0 Å². The molecule has 5 nitrogen and oxygen atoms in total. The predicted molar refractivity (Wildman–Crippen MR) is 53.8 cm³/mol. The van der Waals surface area contributed by atoms with Crippen LogP contribution in [0.5, 0.6) is 0 Å². The van der Waals surface area contributed by atoms with Gasteiger partial charge in [0.1, 0.15) is 0 Å². The quantitative estimate of drug-likeness (QED) is 0.697. The monoisotopic (exact) mass is 209 g/mol. The molecule has 0 amide bonds. The fraction of sp³-hybridized carbons (Fsp3) is 0.700. The van der Waals surface area contributed by atoms with E-state index in [4.69, 9.17) is 4.52 Å². The van der Waals surface area contributed by atoms with Crippen molar-refractivity contribution < 1.29 is 9.32 Å². The summed E-state index contributed by atoms with van der Waals surface area (Å²) in [5, 5.41) is 3.59. The fourth-order valence-corrected chi connectivity index (χ4v) is 2.01. The molecule has 1 saturated heterocycles. The molecule has 82 valence electrons. The topological polar surface area (TPSA) is 59.2 Å². The first-order valence-corrected chi connectivity index (χ1v) is 5.34. The zero-order valence-corrected chi connectivity index (χ0v) is 8.85. The van der Waals surface area contributed by atoms with Crippen LogP contribution in [0.3, 0.4) is 0 Å². The lowest BCUT2D eigenvalue weighted by atomic mass is 9.98. The number of carbonyl (C=O) groups excluding carboxylic acids is 1. The maximum Gasteiger partial charge on any atom is 0.235 e. The molecule has 0 aliphatic carbocycles. The van der Waals surface area contributed by atoms with Gasteiger partial charge in [0.2, 0.25) is 11.7 Å². The standard InChI is InChI=1S/C10H15N3O2/c1-2-13-5-3-4-8(6-13)10-11-9(7-14)12-15-10/h7-8H,2-6H2,1H3. The van der Waals surface area contributed by atoms with Crippen LogP contribution < -0.4 is 0 Å². The molecular weight excluding hydrogens is 194 g/mol. The normalized spacial score (nSPS) is 22.9. The van der Waals surface area contributed by atoms with Crippen molar-refractivity contribution in [3.8, 4) is 0 Å². The highest BCUT2D eigenvalue weighted by Gasteiger charge is 2.24. The minimum Gasteiger partial charge on any atom is -0.339 e. The third kappa shape index (κ3) is 2.23. The van der Waals surface area contributed by atoms with Crippen molar-refractivity contribution in [1.29, 1.82) is 0 Å². The molecular formula is C10H15N3O2. The Morgan fingerprint density at radius 1 is 1.67 bits per heavy atom. The smallest absolute Gasteiger partial charge is 0.235 e. The molecule has 1 aliphatic rings. The second-order valence-corrected chi connectivity index (χ2v) is 3.84. The molecule has 5 heteroatoms. The van der Waals surface area contributed by atoms with Gasteiger partial charge in [-0.3, -0.25) is 4.79 Å². The average molecular weight is 209 g/mol. The summed E-state index contributed by atoms with van der Waals surface area (Å²) in [5.74, 6) is 1.05. The van der Waals surface area contributed by atoms with E-state index >= 15 is 0 Å². The summed E-state index contributed by atoms with van der Waals surface area (Å²) in [6.07, 6.45) is 2.84. The third-order valence-corrected chi connectivity index (χ3v) is 2.86. The van der Waals surface area contributed by atoms with Crippen LogP contribution >= 0.6 is 0 Å². The van der Waals surface area contributed by atoms with E-state index < -0.39 is 0 Å². The van der Waals surface area contributed by atoms with Gasteiger partial charge in [0.25, 0.3) is 0 Å². The number of hydrogen-bond acceptors (Lipinski definition) is 5. The van der Waals surface area contributed by atoms with Gasteiger partial charge in [0, 0.05) is 6.54 Å². The fourth-order valence-electron chi connectivity index (χ4n) is 2.01. The molecule has 0 saturated carbocycles. The Hall–Kier alpha value is -1.23. The van der Waals surface area contributed by atoms with Crippen LogP contribution in [0.25, 0.3) is 0 Å². The summed E-state index contributed by atoms with van der Waals surface area (Å²) < 4.78 is 5.07. The Morgan fingerprint density at radius 3 is 3.20 bits per heavy atom. The Labute approximate surface area is 88.5 Å². The molecule has 2 rings (SSSR count). The lowest BCUT2D eigenvalue weighted by Gasteiger charge is -2.29. The summed E-state index contributed by atoms with van der Waals surface area (Å²) in [4.78, 5) is 16.8. The molecule has 1 atom stereocenters. The van der Waals surface area contributed by atoms with E-state index in [0.29, 0.717) is 18.1 Å². The molecule has 1 aliphatic heterocycles. The van der Waals surface area contributed by atoms with Gasteiger partial charge in [-0.15, -0.1) is 0 Å². The van der Waals surface area contributed by atoms with E-state index in [1.54, 1.807) is 0 Å². The lowest BCUT2D eigenvalue weighted by molar-refractivity contribution is 0.111. The summed E-state index contributed by atoms with van der Waals surface area (Å²) in [6, 6.07) is 0. The van der Waals surface area contributed by atoms with Crippen LogP contribution in [0, 0.1) is 0 Å². The van der Waals surface area contributed by atoms with Gasteiger partial charge in [-0.1, -0.05) is 12.1 Å². The lowest BCUT2D eigenvalue weighted by Crippen LogP contribution is -2.34. The number of hydrogen-bond donors (Lipinski definition) is 0. The van der Waals surface area contributed by atoms with Crippen LogP contribution in [0.2, 0.25) is 0 Å². The highest BCUT2D eigenvalue weighted by Crippen LogP contribution is 2.25. The number of aromatic nitrogens is 2. The Kier molecular flexibility index (Phi) is 3.11. The van der Waals surface area contributed by atoms with Gasteiger partial charge in [-0.05, 0) is 25.9 Å². The number of rotatable bonds is 3. The van der Waals surface area contributed by atoms with Crippen molar-refractivity contribution in [1.82, 2.24) is 15.0 Å². The van der Waals surface area contributed by atoms with E-state index in [9.17, 15) is 4.79 Å². The number of aldehydes is 1. The van der Waals surface area contributed by atoms with Crippen LogP contribution in [0.15, 0.2) is 4.52 Å². The van der Waals surface area contributed by atoms with E-state index in [1.165, 1.54) is 0 Å². The molecule has 2 heterocycles. The number of likely N-dealkylation sites (N-methyl/N-ethyl adjacent to an activating group) is 1. The number of carbonyl (C=O) groups is 1. The predicted octanol–water partition coefficient (Wildman–Crippen LogP) is 1.08. The van der Waals surface area contributed by atoms with Crippen molar-refractivity contribution in [3.05, 3.63) is 11.7 Å². The van der Waals surface area contributed by atoms with Crippen LogP contribution in [0.1, 0.15) is 42.2 Å². The molecule has 0 bridgehead atoms. The zero-order valence-electron chi connectivity index (χ0n) is 8.85. The van der Waals surface area contributed by atoms with Crippen molar-refractivity contribution in [2.24, 2.45) is 0 Å². The average Bonchev–Trinajstić information content (AvgIpc) is 2.78. The SMILES string of the molecule is CCN1CCCC(c2nc(C=O)no2)C1. The molecule has 1 fully saturated rings. The molecule has 1 aromatic heterocycles. The second-order valence-electron chi connectivity index (χ2n) is 3.84. The number of likely N-dealkylation sites (tertiary alicyclic amines) is 1. The molecule has 1 aromatic rings. The molecule has 0 spiro atoms. The summed E-state index contributed by atoms with van der Waals surface area (Å²) in [6.45, 7) is 5.29. The third-order valence-electron chi connectivity index (χ3n) is 2.86. The van der Waals surface area contributed by atoms with Crippen molar-refractivity contribution in [2.75, 3.05) is 19.6 Å². The zero-order chi connectivity index (χ0) is 10.7. The first-order chi connectivity index (χ1) is 7.33. The summed E-state index contributed by atoms with van der Waals surface area (Å²) in [5.41, 5.74) is 0. The molecule has 15 heavy (non-hydrogen) atoms. The van der Waals surface area contributed by atoms with Gasteiger partial charge in [0.05, 0.1) is 5.92 Å². The van der Waals surface area contributed by atoms with Crippen LogP contribution in [-0.2, 0) is 0 Å². The number of nitrogens with zero attached hydrogens (tertiary/aromatic N) is 3. The van der Waals surface area contributed by atoms with Crippen LogP contribution in [-0.4, -0.2) is 41.0 Å². The van der Waals surface area contributed by atoms with E-state index in [0.717, 1.165) is 32.5 Å². The largest absolute Gasteiger partial charge is 0.339 e. The summed E-state index contributed by atoms with van der Waals surface area (Å²) in [7, 11) is 0. The first kappa shape index (κ1) is 10.3. The van der Waals surface area contributed by atoms with Crippen molar-refractivity contribution >= 4 is 6.29 Å². The van der Waals surface area contributed by atoms with E-state index in [-0.39, 0.29) is 5.82 Å². The minimum absolute atomic E-state index is 0.152. The molecule has 0 aromatic carbocycles. The van der Waals surface area contributed by atoms with Gasteiger partial charge in [0.15, 0.2) is 6.29 Å². The molecule has 1 unspecified atom stereocenters. The summed E-state index contributed by atoms with van der Waals surface area (Å²) >= 11 is 0. The van der Waals surface area contributed by atoms with Crippen molar-refractivity contribution in [3.63, 3.8) is 0 Å². The van der Waals surface area contributed by atoms with Gasteiger partial charge in [-0.25, -0.2) is 0 Å². The first-order valence-electron chi connectivity index (χ1n) is 5.34. The molecule has 0 radical (unpaired) electrons. The van der Waals surface area contributed by atoms with Crippen LogP contribution in [0.4, 0.5) is 0 Å².